The summed E-state index contributed by atoms with van der Waals surface area (Å²) in [6.45, 7) is 0.674. The Bertz CT molecular complexity index is 816. The van der Waals surface area contributed by atoms with Gasteiger partial charge in [-0.2, -0.15) is 5.10 Å². The van der Waals surface area contributed by atoms with Crippen molar-refractivity contribution in [1.29, 1.82) is 0 Å². The van der Waals surface area contributed by atoms with E-state index < -0.39 is 0 Å². The highest BCUT2D eigenvalue weighted by atomic mass is 79.9. The quantitative estimate of drug-likeness (QED) is 0.708. The number of hydrogen-bond donors (Lipinski definition) is 1. The largest absolute Gasteiger partial charge is 0.321 e. The monoisotopic (exact) mass is 389 g/mol. The third-order valence-corrected chi connectivity index (χ3v) is 4.11. The minimum Gasteiger partial charge on any atom is -0.321 e. The van der Waals surface area contributed by atoms with Gasteiger partial charge in [0.25, 0.3) is 5.91 Å². The molecule has 23 heavy (non-hydrogen) atoms. The number of aromatic nitrogens is 2. The van der Waals surface area contributed by atoms with Gasteiger partial charge in [-0.3, -0.25) is 9.48 Å². The van der Waals surface area contributed by atoms with Crippen LogP contribution in [0.25, 0.3) is 0 Å². The van der Waals surface area contributed by atoms with Crippen LogP contribution in [0.3, 0.4) is 0 Å². The highest BCUT2D eigenvalue weighted by Crippen LogP contribution is 2.26. The van der Waals surface area contributed by atoms with Gasteiger partial charge in [-0.15, -0.1) is 0 Å². The van der Waals surface area contributed by atoms with Crippen molar-refractivity contribution in [2.24, 2.45) is 0 Å². The lowest BCUT2D eigenvalue weighted by Gasteiger charge is -2.08. The Balaban J connectivity index is 1.70. The Hall–Kier alpha value is -2.11. The Kier molecular flexibility index (Phi) is 4.79. The molecule has 0 aliphatic rings. The van der Waals surface area contributed by atoms with E-state index in [2.05, 4.69) is 26.3 Å². The first-order chi connectivity index (χ1) is 11.1. The number of nitrogens with one attached hydrogen (secondary N) is 1. The number of halogens is 2. The maximum absolute atomic E-state index is 12.3. The van der Waals surface area contributed by atoms with Crippen molar-refractivity contribution in [3.8, 4) is 0 Å². The Morgan fingerprint density at radius 3 is 2.65 bits per heavy atom. The lowest BCUT2D eigenvalue weighted by molar-refractivity contribution is 0.102. The predicted octanol–water partition coefficient (Wildman–Crippen LogP) is 4.60. The fourth-order valence-electron chi connectivity index (χ4n) is 2.13. The molecule has 0 fully saturated rings. The van der Waals surface area contributed by atoms with Crippen LogP contribution in [-0.4, -0.2) is 15.7 Å². The molecule has 0 saturated carbocycles. The van der Waals surface area contributed by atoms with E-state index in [1.54, 1.807) is 30.5 Å². The van der Waals surface area contributed by atoms with E-state index in [9.17, 15) is 4.79 Å². The normalized spacial score (nSPS) is 10.5. The molecule has 0 unspecified atom stereocenters. The molecule has 0 radical (unpaired) electrons. The van der Waals surface area contributed by atoms with Gasteiger partial charge in [-0.05, 0) is 42.0 Å². The maximum Gasteiger partial charge on any atom is 0.255 e. The van der Waals surface area contributed by atoms with Crippen molar-refractivity contribution < 1.29 is 4.79 Å². The molecular formula is C17H13BrClN3O. The first-order valence-corrected chi connectivity index (χ1v) is 8.12. The van der Waals surface area contributed by atoms with Crippen LogP contribution in [0, 0.1) is 0 Å². The molecule has 0 atom stereocenters. The number of benzene rings is 2. The van der Waals surface area contributed by atoms with Gasteiger partial charge in [-0.1, -0.05) is 39.7 Å². The van der Waals surface area contributed by atoms with Crippen LogP contribution in [-0.2, 0) is 6.54 Å². The first-order valence-electron chi connectivity index (χ1n) is 6.94. The van der Waals surface area contributed by atoms with Gasteiger partial charge in [0.1, 0.15) is 0 Å². The summed E-state index contributed by atoms with van der Waals surface area (Å²) in [6, 6.07) is 14.6. The molecule has 6 heteroatoms. The van der Waals surface area contributed by atoms with Crippen molar-refractivity contribution in [3.63, 3.8) is 0 Å². The van der Waals surface area contributed by atoms with Crippen molar-refractivity contribution >= 4 is 39.1 Å². The molecule has 1 heterocycles. The van der Waals surface area contributed by atoms with Gasteiger partial charge in [0.2, 0.25) is 0 Å². The highest BCUT2D eigenvalue weighted by molar-refractivity contribution is 9.10. The first kappa shape index (κ1) is 15.8. The molecule has 0 aliphatic carbocycles. The van der Waals surface area contributed by atoms with E-state index >= 15 is 0 Å². The standard InChI is InChI=1S/C17H13BrClN3O/c18-14-6-7-16(15(19)10-14)21-17(23)13-4-2-12(3-5-13)11-22-9-1-8-20-22/h1-10H,11H2,(H,21,23). The summed E-state index contributed by atoms with van der Waals surface area (Å²) in [4.78, 5) is 12.3. The van der Waals surface area contributed by atoms with Crippen LogP contribution in [0.15, 0.2) is 65.4 Å². The Morgan fingerprint density at radius 2 is 2.00 bits per heavy atom. The summed E-state index contributed by atoms with van der Waals surface area (Å²) < 4.78 is 2.69. The van der Waals surface area contributed by atoms with E-state index in [-0.39, 0.29) is 5.91 Å². The molecule has 0 saturated heterocycles. The number of rotatable bonds is 4. The molecule has 116 valence electrons. The van der Waals surface area contributed by atoms with Crippen molar-refractivity contribution in [3.05, 3.63) is 81.5 Å². The minimum absolute atomic E-state index is 0.195. The summed E-state index contributed by atoms with van der Waals surface area (Å²) in [6.07, 6.45) is 3.64. The summed E-state index contributed by atoms with van der Waals surface area (Å²) >= 11 is 9.45. The summed E-state index contributed by atoms with van der Waals surface area (Å²) in [7, 11) is 0. The predicted molar refractivity (Wildman–Crippen MR) is 94.9 cm³/mol. The Labute approximate surface area is 147 Å². The van der Waals surface area contributed by atoms with E-state index in [4.69, 9.17) is 11.6 Å². The van der Waals surface area contributed by atoms with Crippen LogP contribution in [0.4, 0.5) is 5.69 Å². The molecule has 0 spiro atoms. The second-order valence-corrected chi connectivity index (χ2v) is 6.30. The maximum atomic E-state index is 12.3. The van der Waals surface area contributed by atoms with Gasteiger partial charge in [0.05, 0.1) is 17.3 Å². The molecular weight excluding hydrogens is 378 g/mol. The third-order valence-electron chi connectivity index (χ3n) is 3.30. The molecule has 4 nitrogen and oxygen atoms in total. The molecule has 0 aliphatic heterocycles. The lowest BCUT2D eigenvalue weighted by atomic mass is 10.1. The van der Waals surface area contributed by atoms with Gasteiger partial charge >= 0.3 is 0 Å². The van der Waals surface area contributed by atoms with Crippen LogP contribution in [0.5, 0.6) is 0 Å². The molecule has 0 bridgehead atoms. The van der Waals surface area contributed by atoms with Crippen LogP contribution >= 0.6 is 27.5 Å². The second kappa shape index (κ2) is 6.98. The third kappa shape index (κ3) is 4.00. The summed E-state index contributed by atoms with van der Waals surface area (Å²) in [5.74, 6) is -0.195. The number of hydrogen-bond acceptors (Lipinski definition) is 2. The Morgan fingerprint density at radius 1 is 1.22 bits per heavy atom. The SMILES string of the molecule is O=C(Nc1ccc(Br)cc1Cl)c1ccc(Cn2cccn2)cc1. The second-order valence-electron chi connectivity index (χ2n) is 4.98. The zero-order valence-corrected chi connectivity index (χ0v) is 14.4. The van der Waals surface area contributed by atoms with Crippen molar-refractivity contribution in [2.45, 2.75) is 6.54 Å². The van der Waals surface area contributed by atoms with Gasteiger partial charge in [0, 0.05) is 22.4 Å². The number of amides is 1. The topological polar surface area (TPSA) is 46.9 Å². The lowest BCUT2D eigenvalue weighted by Crippen LogP contribution is -2.12. The molecule has 3 aromatic rings. The zero-order chi connectivity index (χ0) is 16.2. The molecule has 2 aromatic carbocycles. The van der Waals surface area contributed by atoms with E-state index in [1.165, 1.54) is 0 Å². The average molecular weight is 391 g/mol. The zero-order valence-electron chi connectivity index (χ0n) is 12.0. The molecule has 3 rings (SSSR count). The van der Waals surface area contributed by atoms with Crippen molar-refractivity contribution in [2.75, 3.05) is 5.32 Å². The van der Waals surface area contributed by atoms with Gasteiger partial charge < -0.3 is 5.32 Å². The minimum atomic E-state index is -0.195. The van der Waals surface area contributed by atoms with Crippen LogP contribution in [0.1, 0.15) is 15.9 Å². The molecule has 1 aromatic heterocycles. The fourth-order valence-corrected chi connectivity index (χ4v) is 2.85. The number of nitrogens with zero attached hydrogens (tertiary/aromatic N) is 2. The van der Waals surface area contributed by atoms with Gasteiger partial charge in [0.15, 0.2) is 0 Å². The number of carbonyl (C=O) groups excluding carboxylic acids is 1. The van der Waals surface area contributed by atoms with Crippen molar-refractivity contribution in [1.82, 2.24) is 9.78 Å². The van der Waals surface area contributed by atoms with Crippen LogP contribution in [0.2, 0.25) is 5.02 Å². The smallest absolute Gasteiger partial charge is 0.255 e. The summed E-state index contributed by atoms with van der Waals surface area (Å²) in [5.41, 5.74) is 2.24. The number of carbonyl (C=O) groups is 1. The molecule has 1 amide bonds. The highest BCUT2D eigenvalue weighted by Gasteiger charge is 2.09. The fraction of sp³-hybridized carbons (Fsp3) is 0.0588. The molecule has 1 N–H and O–H groups in total. The summed E-state index contributed by atoms with van der Waals surface area (Å²) in [5, 5.41) is 7.46. The van der Waals surface area contributed by atoms with E-state index in [1.807, 2.05) is 35.1 Å². The van der Waals surface area contributed by atoms with E-state index in [0.717, 1.165) is 10.0 Å². The number of anilines is 1. The van der Waals surface area contributed by atoms with E-state index in [0.29, 0.717) is 22.8 Å². The van der Waals surface area contributed by atoms with Gasteiger partial charge in [-0.25, -0.2) is 0 Å². The van der Waals surface area contributed by atoms with Crippen LogP contribution < -0.4 is 5.32 Å². The average Bonchev–Trinajstić information content (AvgIpc) is 3.04.